The molecule has 0 spiro atoms. The number of nitrogens with zero attached hydrogens (tertiary/aromatic N) is 1. The van der Waals surface area contributed by atoms with Crippen LogP contribution in [-0.2, 0) is 0 Å². The van der Waals surface area contributed by atoms with Gasteiger partial charge < -0.3 is 4.52 Å². The smallest absolute Gasteiger partial charge is 0.298 e. The maximum Gasteiger partial charge on any atom is 0.298 e. The molecular formula is C5H5F2NO. The maximum absolute atomic E-state index is 11.6. The molecule has 0 aliphatic heterocycles. The molecule has 2 nitrogen and oxygen atoms in total. The van der Waals surface area contributed by atoms with Gasteiger partial charge in [-0.25, -0.2) is 8.78 Å². The molecule has 1 rings (SSSR count). The first-order valence-corrected chi connectivity index (χ1v) is 2.41. The summed E-state index contributed by atoms with van der Waals surface area (Å²) in [6.07, 6.45) is -2.55. The number of hydrogen-bond donors (Lipinski definition) is 0. The van der Waals surface area contributed by atoms with E-state index in [-0.39, 0.29) is 5.76 Å². The SMILES string of the molecule is Cc1cc(C(F)F)on1. The van der Waals surface area contributed by atoms with Gasteiger partial charge in [0.1, 0.15) is 0 Å². The summed E-state index contributed by atoms with van der Waals surface area (Å²) in [5, 5.41) is 3.28. The monoisotopic (exact) mass is 133 g/mol. The molecular weight excluding hydrogens is 128 g/mol. The predicted octanol–water partition coefficient (Wildman–Crippen LogP) is 1.92. The first-order valence-electron chi connectivity index (χ1n) is 2.41. The van der Waals surface area contributed by atoms with E-state index >= 15 is 0 Å². The number of halogens is 2. The van der Waals surface area contributed by atoms with E-state index in [1.807, 2.05) is 0 Å². The average Bonchev–Trinajstić information content (AvgIpc) is 2.14. The zero-order chi connectivity index (χ0) is 6.85. The van der Waals surface area contributed by atoms with E-state index in [0.717, 1.165) is 0 Å². The molecule has 0 unspecified atom stereocenters. The topological polar surface area (TPSA) is 26.0 Å². The van der Waals surface area contributed by atoms with E-state index in [4.69, 9.17) is 0 Å². The molecule has 1 aromatic rings. The highest BCUT2D eigenvalue weighted by Gasteiger charge is 2.11. The molecule has 9 heavy (non-hydrogen) atoms. The highest BCUT2D eigenvalue weighted by Crippen LogP contribution is 2.18. The molecule has 0 aliphatic rings. The Morgan fingerprint density at radius 1 is 1.67 bits per heavy atom. The molecule has 0 N–H and O–H groups in total. The van der Waals surface area contributed by atoms with Crippen molar-refractivity contribution in [3.05, 3.63) is 17.5 Å². The Bertz CT molecular complexity index is 197. The van der Waals surface area contributed by atoms with Gasteiger partial charge in [-0.05, 0) is 6.92 Å². The van der Waals surface area contributed by atoms with Gasteiger partial charge in [0, 0.05) is 6.07 Å². The molecule has 0 atom stereocenters. The van der Waals surface area contributed by atoms with Gasteiger partial charge in [0.05, 0.1) is 5.69 Å². The predicted molar refractivity (Wildman–Crippen MR) is 26.2 cm³/mol. The van der Waals surface area contributed by atoms with E-state index in [2.05, 4.69) is 9.68 Å². The molecule has 4 heteroatoms. The van der Waals surface area contributed by atoms with E-state index in [0.29, 0.717) is 5.69 Å². The van der Waals surface area contributed by atoms with Crippen molar-refractivity contribution in [2.75, 3.05) is 0 Å². The van der Waals surface area contributed by atoms with Crippen molar-refractivity contribution in [2.24, 2.45) is 0 Å². The number of alkyl halides is 2. The first-order chi connectivity index (χ1) is 4.20. The summed E-state index contributed by atoms with van der Waals surface area (Å²) < 4.78 is 27.5. The van der Waals surface area contributed by atoms with Crippen molar-refractivity contribution in [3.8, 4) is 0 Å². The first kappa shape index (κ1) is 6.19. The van der Waals surface area contributed by atoms with Gasteiger partial charge in [-0.15, -0.1) is 0 Å². The van der Waals surface area contributed by atoms with Crippen molar-refractivity contribution < 1.29 is 13.3 Å². The lowest BCUT2D eigenvalue weighted by Gasteiger charge is -1.85. The number of aryl methyl sites for hydroxylation is 1. The summed E-state index contributed by atoms with van der Waals surface area (Å²) in [6, 6.07) is 1.21. The van der Waals surface area contributed by atoms with Crippen molar-refractivity contribution in [2.45, 2.75) is 13.3 Å². The molecule has 50 valence electrons. The van der Waals surface area contributed by atoms with Gasteiger partial charge in [-0.1, -0.05) is 5.16 Å². The Labute approximate surface area is 50.5 Å². The fourth-order valence-corrected chi connectivity index (χ4v) is 0.486. The van der Waals surface area contributed by atoms with Crippen LogP contribution < -0.4 is 0 Å². The summed E-state index contributed by atoms with van der Waals surface area (Å²) >= 11 is 0. The van der Waals surface area contributed by atoms with E-state index in [9.17, 15) is 8.78 Å². The summed E-state index contributed by atoms with van der Waals surface area (Å²) in [6.45, 7) is 1.59. The Morgan fingerprint density at radius 2 is 2.33 bits per heavy atom. The molecule has 0 aromatic carbocycles. The molecule has 1 aromatic heterocycles. The van der Waals surface area contributed by atoms with Crippen LogP contribution in [-0.4, -0.2) is 5.16 Å². The van der Waals surface area contributed by atoms with E-state index in [1.165, 1.54) is 6.07 Å². The standard InChI is InChI=1S/C5H5F2NO/c1-3-2-4(5(6)7)9-8-3/h2,5H,1H3. The summed E-state index contributed by atoms with van der Waals surface area (Å²) in [7, 11) is 0. The third-order valence-electron chi connectivity index (χ3n) is 0.861. The van der Waals surface area contributed by atoms with Gasteiger partial charge in [-0.3, -0.25) is 0 Å². The molecule has 0 radical (unpaired) electrons. The highest BCUT2D eigenvalue weighted by molar-refractivity contribution is 5.03. The van der Waals surface area contributed by atoms with Crippen LogP contribution in [0.1, 0.15) is 17.9 Å². The Morgan fingerprint density at radius 3 is 2.56 bits per heavy atom. The Kier molecular flexibility index (Phi) is 1.46. The van der Waals surface area contributed by atoms with Crippen LogP contribution in [0.4, 0.5) is 8.78 Å². The van der Waals surface area contributed by atoms with Gasteiger partial charge >= 0.3 is 0 Å². The second kappa shape index (κ2) is 2.13. The van der Waals surface area contributed by atoms with Crippen LogP contribution in [0.25, 0.3) is 0 Å². The van der Waals surface area contributed by atoms with Gasteiger partial charge in [0.2, 0.25) is 5.76 Å². The fourth-order valence-electron chi connectivity index (χ4n) is 0.486. The van der Waals surface area contributed by atoms with Crippen LogP contribution in [0.5, 0.6) is 0 Å². The second-order valence-corrected chi connectivity index (χ2v) is 1.67. The lowest BCUT2D eigenvalue weighted by atomic mass is 10.4. The van der Waals surface area contributed by atoms with Crippen molar-refractivity contribution in [3.63, 3.8) is 0 Å². The van der Waals surface area contributed by atoms with Gasteiger partial charge in [0.25, 0.3) is 6.43 Å². The van der Waals surface area contributed by atoms with Crippen molar-refractivity contribution in [1.29, 1.82) is 0 Å². The number of aromatic nitrogens is 1. The molecule has 0 aliphatic carbocycles. The van der Waals surface area contributed by atoms with Crippen LogP contribution in [0.15, 0.2) is 10.6 Å². The second-order valence-electron chi connectivity index (χ2n) is 1.67. The molecule has 0 fully saturated rings. The lowest BCUT2D eigenvalue weighted by molar-refractivity contribution is 0.112. The van der Waals surface area contributed by atoms with E-state index < -0.39 is 6.43 Å². The van der Waals surface area contributed by atoms with Crippen LogP contribution in [0.3, 0.4) is 0 Å². The van der Waals surface area contributed by atoms with Crippen LogP contribution >= 0.6 is 0 Å². The van der Waals surface area contributed by atoms with Crippen molar-refractivity contribution in [1.82, 2.24) is 5.16 Å². The third kappa shape index (κ3) is 1.25. The van der Waals surface area contributed by atoms with E-state index in [1.54, 1.807) is 6.92 Å². The Hall–Kier alpha value is -0.930. The van der Waals surface area contributed by atoms with Crippen molar-refractivity contribution >= 4 is 0 Å². The normalized spacial score (nSPS) is 10.7. The largest absolute Gasteiger partial charge is 0.355 e. The molecule has 0 amide bonds. The zero-order valence-electron chi connectivity index (χ0n) is 4.77. The summed E-state index contributed by atoms with van der Waals surface area (Å²) in [5.41, 5.74) is 0.477. The van der Waals surface area contributed by atoms with Gasteiger partial charge in [0.15, 0.2) is 0 Å². The molecule has 1 heterocycles. The lowest BCUT2D eigenvalue weighted by Crippen LogP contribution is -1.75. The highest BCUT2D eigenvalue weighted by atomic mass is 19.3. The quantitative estimate of drug-likeness (QED) is 0.584. The average molecular weight is 133 g/mol. The minimum Gasteiger partial charge on any atom is -0.355 e. The zero-order valence-corrected chi connectivity index (χ0v) is 4.77. The van der Waals surface area contributed by atoms with Crippen LogP contribution in [0.2, 0.25) is 0 Å². The Balaban J connectivity index is 2.85. The molecule has 0 bridgehead atoms. The fraction of sp³-hybridized carbons (Fsp3) is 0.400. The summed E-state index contributed by atoms with van der Waals surface area (Å²) in [4.78, 5) is 0. The third-order valence-corrected chi connectivity index (χ3v) is 0.861. The number of rotatable bonds is 1. The van der Waals surface area contributed by atoms with Crippen LogP contribution in [0, 0.1) is 6.92 Å². The number of hydrogen-bond acceptors (Lipinski definition) is 2. The maximum atomic E-state index is 11.6. The van der Waals surface area contributed by atoms with Gasteiger partial charge in [-0.2, -0.15) is 0 Å². The molecule has 0 saturated heterocycles. The minimum absolute atomic E-state index is 0.368. The minimum atomic E-state index is -2.55. The molecule has 0 saturated carbocycles. The summed E-state index contributed by atoms with van der Waals surface area (Å²) in [5.74, 6) is -0.368.